The van der Waals surface area contributed by atoms with Gasteiger partial charge in [-0.15, -0.1) is 0 Å². The number of likely N-dealkylation sites (tertiary alicyclic amines) is 1. The molecule has 1 aromatic heterocycles. The first kappa shape index (κ1) is 14.8. The van der Waals surface area contributed by atoms with E-state index in [1.54, 1.807) is 10.9 Å². The zero-order valence-corrected chi connectivity index (χ0v) is 12.9. The number of nitrogens with one attached hydrogen (secondary N) is 1. The van der Waals surface area contributed by atoms with E-state index in [4.69, 9.17) is 0 Å². The number of likely N-dealkylation sites (N-methyl/N-ethyl adjacent to an activating group) is 1. The third kappa shape index (κ3) is 3.36. The molecule has 2 aromatic rings. The minimum absolute atomic E-state index is 0.00944. The van der Waals surface area contributed by atoms with Gasteiger partial charge in [-0.3, -0.25) is 9.48 Å². The van der Waals surface area contributed by atoms with Gasteiger partial charge in [0.05, 0.1) is 0 Å². The molecule has 2 atom stereocenters. The lowest BCUT2D eigenvalue weighted by atomic mass is 10.0. The van der Waals surface area contributed by atoms with Crippen molar-refractivity contribution in [3.8, 4) is 0 Å². The molecule has 1 fully saturated rings. The van der Waals surface area contributed by atoms with E-state index < -0.39 is 6.04 Å². The van der Waals surface area contributed by atoms with Crippen LogP contribution in [0.3, 0.4) is 0 Å². The van der Waals surface area contributed by atoms with Crippen molar-refractivity contribution in [1.29, 1.82) is 0 Å². The molecule has 1 aliphatic rings. The molecule has 0 aliphatic carbocycles. The predicted molar refractivity (Wildman–Crippen MR) is 85.5 cm³/mol. The third-order valence-corrected chi connectivity index (χ3v) is 4.12. The number of carbonyl (C=O) groups is 1. The van der Waals surface area contributed by atoms with Crippen LogP contribution in [0.25, 0.3) is 0 Å². The number of benzene rings is 1. The highest BCUT2D eigenvalue weighted by Gasteiger charge is 2.26. The summed E-state index contributed by atoms with van der Waals surface area (Å²) in [6.07, 6.45) is 5.71. The lowest BCUT2D eigenvalue weighted by molar-refractivity contribution is -0.124. The highest BCUT2D eigenvalue weighted by atomic mass is 16.2. The minimum Gasteiger partial charge on any atom is -0.350 e. The van der Waals surface area contributed by atoms with Crippen molar-refractivity contribution in [2.75, 3.05) is 20.1 Å². The number of carbonyl (C=O) groups excluding carboxylic acids is 1. The Morgan fingerprint density at radius 3 is 2.82 bits per heavy atom. The number of aromatic nitrogens is 2. The van der Waals surface area contributed by atoms with Gasteiger partial charge in [0, 0.05) is 25.0 Å². The Labute approximate surface area is 130 Å². The van der Waals surface area contributed by atoms with Gasteiger partial charge < -0.3 is 10.2 Å². The van der Waals surface area contributed by atoms with E-state index in [2.05, 4.69) is 22.4 Å². The molecular weight excluding hydrogens is 276 g/mol. The Morgan fingerprint density at radius 1 is 1.32 bits per heavy atom. The van der Waals surface area contributed by atoms with Gasteiger partial charge >= 0.3 is 0 Å². The summed E-state index contributed by atoms with van der Waals surface area (Å²) in [6.45, 7) is 2.01. The monoisotopic (exact) mass is 298 g/mol. The van der Waals surface area contributed by atoms with Crippen molar-refractivity contribution in [2.24, 2.45) is 0 Å². The molecule has 1 saturated heterocycles. The lowest BCUT2D eigenvalue weighted by Gasteiger charge is -2.31. The van der Waals surface area contributed by atoms with Gasteiger partial charge in [0.25, 0.3) is 0 Å². The highest BCUT2D eigenvalue weighted by molar-refractivity contribution is 5.83. The maximum absolute atomic E-state index is 12.8. The average Bonchev–Trinajstić information content (AvgIpc) is 3.02. The van der Waals surface area contributed by atoms with Crippen LogP contribution in [0.1, 0.15) is 24.4 Å². The first-order valence-electron chi connectivity index (χ1n) is 7.77. The van der Waals surface area contributed by atoms with Crippen LogP contribution in [-0.4, -0.2) is 46.8 Å². The summed E-state index contributed by atoms with van der Waals surface area (Å²) < 4.78 is 1.72. The summed E-state index contributed by atoms with van der Waals surface area (Å²) in [5, 5.41) is 7.46. The molecule has 0 saturated carbocycles. The zero-order chi connectivity index (χ0) is 15.4. The molecule has 0 radical (unpaired) electrons. The molecule has 22 heavy (non-hydrogen) atoms. The molecule has 3 rings (SSSR count). The van der Waals surface area contributed by atoms with Gasteiger partial charge in [-0.05, 0) is 38.1 Å². The number of nitrogens with zero attached hydrogens (tertiary/aromatic N) is 3. The second-order valence-corrected chi connectivity index (χ2v) is 5.91. The number of hydrogen-bond acceptors (Lipinski definition) is 3. The molecule has 2 heterocycles. The summed E-state index contributed by atoms with van der Waals surface area (Å²) in [6, 6.07) is 11.4. The highest BCUT2D eigenvalue weighted by Crippen LogP contribution is 2.18. The molecule has 1 N–H and O–H groups in total. The Balaban J connectivity index is 1.79. The van der Waals surface area contributed by atoms with E-state index in [1.807, 2.05) is 42.6 Å². The van der Waals surface area contributed by atoms with Crippen molar-refractivity contribution in [2.45, 2.75) is 24.9 Å². The fraction of sp³-hybridized carbons (Fsp3) is 0.412. The Hall–Kier alpha value is -2.14. The molecule has 1 amide bonds. The van der Waals surface area contributed by atoms with Crippen molar-refractivity contribution in [1.82, 2.24) is 20.0 Å². The molecule has 1 aliphatic heterocycles. The van der Waals surface area contributed by atoms with E-state index >= 15 is 0 Å². The van der Waals surface area contributed by atoms with Gasteiger partial charge in [0.1, 0.15) is 0 Å². The molecule has 5 nitrogen and oxygen atoms in total. The third-order valence-electron chi connectivity index (χ3n) is 4.12. The summed E-state index contributed by atoms with van der Waals surface area (Å²) in [7, 11) is 2.10. The van der Waals surface area contributed by atoms with Crippen molar-refractivity contribution >= 4 is 5.91 Å². The normalized spacial score (nSPS) is 20.5. The van der Waals surface area contributed by atoms with E-state index in [9.17, 15) is 4.79 Å². The number of piperidine rings is 1. The van der Waals surface area contributed by atoms with Gasteiger partial charge in [-0.25, -0.2) is 0 Å². The standard InChI is InChI=1S/C17H22N4O/c1-20-11-5-9-15(13-20)19-17(22)16(21-12-6-10-18-21)14-7-3-2-4-8-14/h2-4,6-8,10,12,15-16H,5,9,11,13H2,1H3,(H,19,22)/t15-,16-/m1/s1. The fourth-order valence-electron chi connectivity index (χ4n) is 3.06. The SMILES string of the molecule is CN1CCC[C@@H](NC(=O)[C@@H](c2ccccc2)n2cccn2)C1. The Morgan fingerprint density at radius 2 is 2.14 bits per heavy atom. The summed E-state index contributed by atoms with van der Waals surface area (Å²) >= 11 is 0. The molecule has 5 heteroatoms. The summed E-state index contributed by atoms with van der Waals surface area (Å²) in [5.41, 5.74) is 0.952. The minimum atomic E-state index is -0.413. The van der Waals surface area contributed by atoms with Gasteiger partial charge in [-0.1, -0.05) is 30.3 Å². The maximum Gasteiger partial charge on any atom is 0.249 e. The Bertz CT molecular complexity index is 596. The van der Waals surface area contributed by atoms with Crippen LogP contribution < -0.4 is 5.32 Å². The largest absolute Gasteiger partial charge is 0.350 e. The lowest BCUT2D eigenvalue weighted by Crippen LogP contribution is -2.48. The maximum atomic E-state index is 12.8. The fourth-order valence-corrected chi connectivity index (χ4v) is 3.06. The van der Waals surface area contributed by atoms with Crippen molar-refractivity contribution in [3.63, 3.8) is 0 Å². The van der Waals surface area contributed by atoms with E-state index in [0.29, 0.717) is 0 Å². The van der Waals surface area contributed by atoms with Crippen LogP contribution in [0.15, 0.2) is 48.8 Å². The molecule has 1 aromatic carbocycles. The number of hydrogen-bond donors (Lipinski definition) is 1. The van der Waals surface area contributed by atoms with E-state index in [0.717, 1.165) is 31.5 Å². The molecule has 0 unspecified atom stereocenters. The zero-order valence-electron chi connectivity index (χ0n) is 12.9. The van der Waals surface area contributed by atoms with Crippen LogP contribution in [0.2, 0.25) is 0 Å². The van der Waals surface area contributed by atoms with Gasteiger partial charge in [-0.2, -0.15) is 5.10 Å². The van der Waals surface area contributed by atoms with Crippen molar-refractivity contribution < 1.29 is 4.79 Å². The summed E-state index contributed by atoms with van der Waals surface area (Å²) in [4.78, 5) is 15.1. The second-order valence-electron chi connectivity index (χ2n) is 5.91. The van der Waals surface area contributed by atoms with E-state index in [1.165, 1.54) is 0 Å². The van der Waals surface area contributed by atoms with Crippen molar-refractivity contribution in [3.05, 3.63) is 54.4 Å². The number of rotatable bonds is 4. The molecule has 0 spiro atoms. The van der Waals surface area contributed by atoms with Crippen LogP contribution >= 0.6 is 0 Å². The molecular formula is C17H22N4O. The number of amides is 1. The van der Waals surface area contributed by atoms with Crippen LogP contribution in [-0.2, 0) is 4.79 Å². The quantitative estimate of drug-likeness (QED) is 0.934. The first-order chi connectivity index (χ1) is 10.7. The molecule has 0 bridgehead atoms. The smallest absolute Gasteiger partial charge is 0.249 e. The van der Waals surface area contributed by atoms with Gasteiger partial charge in [0.15, 0.2) is 6.04 Å². The summed E-state index contributed by atoms with van der Waals surface area (Å²) in [5.74, 6) is 0.00944. The topological polar surface area (TPSA) is 50.2 Å². The van der Waals surface area contributed by atoms with E-state index in [-0.39, 0.29) is 11.9 Å². The van der Waals surface area contributed by atoms with Crippen LogP contribution in [0, 0.1) is 0 Å². The average molecular weight is 298 g/mol. The van der Waals surface area contributed by atoms with Crippen LogP contribution in [0.5, 0.6) is 0 Å². The van der Waals surface area contributed by atoms with Gasteiger partial charge in [0.2, 0.25) is 5.91 Å². The second kappa shape index (κ2) is 6.75. The Kier molecular flexibility index (Phi) is 4.53. The molecule has 116 valence electrons. The van der Waals surface area contributed by atoms with Crippen LogP contribution in [0.4, 0.5) is 0 Å². The predicted octanol–water partition coefficient (Wildman–Crippen LogP) is 1.68. The first-order valence-corrected chi connectivity index (χ1v) is 7.77.